The third kappa shape index (κ3) is 5.47. The van der Waals surface area contributed by atoms with Crippen molar-refractivity contribution in [3.8, 4) is 23.0 Å². The monoisotopic (exact) mass is 498 g/mol. The van der Waals surface area contributed by atoms with Gasteiger partial charge in [0.2, 0.25) is 0 Å². The Hall–Kier alpha value is -3.96. The summed E-state index contributed by atoms with van der Waals surface area (Å²) in [5, 5.41) is 0.592. The Morgan fingerprint density at radius 2 is 1.78 bits per heavy atom. The number of halogens is 1. The molecule has 2 amide bonds. The Labute approximate surface area is 207 Å². The minimum absolute atomic E-state index is 0.0688. The van der Waals surface area contributed by atoms with Crippen LogP contribution in [0, 0.1) is 5.82 Å². The van der Waals surface area contributed by atoms with Crippen LogP contribution in [0.5, 0.6) is 23.0 Å². The molecule has 36 heavy (non-hydrogen) atoms. The molecule has 0 atom stereocenters. The summed E-state index contributed by atoms with van der Waals surface area (Å²) in [5.41, 5.74) is 6.01. The van der Waals surface area contributed by atoms with E-state index in [-0.39, 0.29) is 18.0 Å². The van der Waals surface area contributed by atoms with Crippen LogP contribution in [-0.4, -0.2) is 75.3 Å². The minimum Gasteiger partial charge on any atom is -0.493 e. The van der Waals surface area contributed by atoms with Gasteiger partial charge in [0.15, 0.2) is 23.1 Å². The number of pyridine rings is 1. The molecule has 1 fully saturated rings. The van der Waals surface area contributed by atoms with E-state index in [0.717, 1.165) is 6.07 Å². The highest BCUT2D eigenvalue weighted by Crippen LogP contribution is 2.37. The number of amides is 2. The molecule has 10 nitrogen and oxygen atoms in total. The third-order valence-electron chi connectivity index (χ3n) is 5.85. The summed E-state index contributed by atoms with van der Waals surface area (Å²) in [7, 11) is 3.03. The van der Waals surface area contributed by atoms with Gasteiger partial charge in [-0.1, -0.05) is 0 Å². The molecule has 11 heteroatoms. The van der Waals surface area contributed by atoms with Crippen LogP contribution in [0.1, 0.15) is 0 Å². The molecule has 4 rings (SSSR count). The van der Waals surface area contributed by atoms with Crippen LogP contribution >= 0.6 is 0 Å². The van der Waals surface area contributed by atoms with Crippen LogP contribution in [0.3, 0.4) is 0 Å². The zero-order chi connectivity index (χ0) is 25.7. The normalized spacial score (nSPS) is 13.9. The number of hydrogen-bond donors (Lipinski definition) is 1. The number of ether oxygens (including phenoxy) is 4. The molecule has 2 aromatic carbocycles. The van der Waals surface area contributed by atoms with E-state index in [1.165, 1.54) is 37.4 Å². The predicted molar refractivity (Wildman–Crippen MR) is 130 cm³/mol. The molecule has 3 aromatic rings. The van der Waals surface area contributed by atoms with Crippen LogP contribution in [0.2, 0.25) is 0 Å². The smallest absolute Gasteiger partial charge is 0.316 e. The Morgan fingerprint density at radius 3 is 2.44 bits per heavy atom. The summed E-state index contributed by atoms with van der Waals surface area (Å²) >= 11 is 0. The highest BCUT2D eigenvalue weighted by molar-refractivity contribution is 6.39. The van der Waals surface area contributed by atoms with Gasteiger partial charge in [0.1, 0.15) is 5.75 Å². The number of fused-ring (bicyclic) bond motifs is 1. The van der Waals surface area contributed by atoms with Gasteiger partial charge in [-0.3, -0.25) is 19.5 Å². The highest BCUT2D eigenvalue weighted by atomic mass is 19.1. The molecular weight excluding hydrogens is 471 g/mol. The molecule has 0 radical (unpaired) electrons. The average molecular weight is 499 g/mol. The SMILES string of the molecule is COc1cc2nccc(Oc3ccc(N(CCN4CCOCC4)C(=O)C(N)=O)cc3F)c2cc1OC. The van der Waals surface area contributed by atoms with Gasteiger partial charge in [0, 0.05) is 55.6 Å². The standard InChI is InChI=1S/C25H27FN4O6/c1-33-22-14-17-19(15-23(22)34-2)28-6-5-20(17)36-21-4-3-16(13-18(21)26)30(25(32)24(27)31)8-7-29-9-11-35-12-10-29/h3-6,13-15H,7-12H2,1-2H3,(H2,27,31). The molecule has 2 N–H and O–H groups in total. The summed E-state index contributed by atoms with van der Waals surface area (Å²) in [6, 6.07) is 9.04. The van der Waals surface area contributed by atoms with Crippen molar-refractivity contribution >= 4 is 28.4 Å². The Balaban J connectivity index is 1.59. The molecule has 0 saturated carbocycles. The van der Waals surface area contributed by atoms with Crippen LogP contribution in [-0.2, 0) is 14.3 Å². The highest BCUT2D eigenvalue weighted by Gasteiger charge is 2.24. The Bertz CT molecular complexity index is 1260. The molecule has 1 saturated heterocycles. The van der Waals surface area contributed by atoms with Gasteiger partial charge in [0.25, 0.3) is 0 Å². The van der Waals surface area contributed by atoms with Gasteiger partial charge in [-0.25, -0.2) is 4.39 Å². The Morgan fingerprint density at radius 1 is 1.06 bits per heavy atom. The number of benzene rings is 2. The number of hydrogen-bond acceptors (Lipinski definition) is 8. The van der Waals surface area contributed by atoms with Gasteiger partial charge < -0.3 is 29.6 Å². The first kappa shape index (κ1) is 25.1. The summed E-state index contributed by atoms with van der Waals surface area (Å²) in [6.07, 6.45) is 1.54. The van der Waals surface area contributed by atoms with E-state index in [9.17, 15) is 9.59 Å². The van der Waals surface area contributed by atoms with E-state index in [1.807, 2.05) is 0 Å². The number of nitrogens with two attached hydrogens (primary N) is 1. The molecule has 1 aliphatic heterocycles. The second-order valence-electron chi connectivity index (χ2n) is 8.03. The van der Waals surface area contributed by atoms with Crippen molar-refractivity contribution in [1.82, 2.24) is 9.88 Å². The van der Waals surface area contributed by atoms with Crippen LogP contribution in [0.4, 0.5) is 10.1 Å². The summed E-state index contributed by atoms with van der Waals surface area (Å²) in [4.78, 5) is 31.7. The van der Waals surface area contributed by atoms with Crippen molar-refractivity contribution < 1.29 is 32.9 Å². The van der Waals surface area contributed by atoms with E-state index in [1.54, 1.807) is 18.2 Å². The number of morpholine rings is 1. The van der Waals surface area contributed by atoms with E-state index < -0.39 is 17.6 Å². The number of primary amides is 1. The lowest BCUT2D eigenvalue weighted by Crippen LogP contribution is -2.46. The number of rotatable bonds is 8. The van der Waals surface area contributed by atoms with E-state index in [2.05, 4.69) is 9.88 Å². The molecule has 0 aliphatic carbocycles. The quantitative estimate of drug-likeness (QED) is 0.471. The fourth-order valence-electron chi connectivity index (χ4n) is 3.94. The lowest BCUT2D eigenvalue weighted by atomic mass is 10.1. The van der Waals surface area contributed by atoms with Gasteiger partial charge in [-0.05, 0) is 24.3 Å². The minimum atomic E-state index is -1.12. The van der Waals surface area contributed by atoms with E-state index in [4.69, 9.17) is 24.7 Å². The number of methoxy groups -OCH3 is 2. The van der Waals surface area contributed by atoms with Crippen molar-refractivity contribution in [2.45, 2.75) is 0 Å². The molecule has 0 bridgehead atoms. The van der Waals surface area contributed by atoms with Crippen molar-refractivity contribution in [3.05, 3.63) is 48.4 Å². The first-order valence-electron chi connectivity index (χ1n) is 11.3. The molecule has 2 heterocycles. The lowest BCUT2D eigenvalue weighted by Gasteiger charge is -2.29. The van der Waals surface area contributed by atoms with Crippen molar-refractivity contribution in [1.29, 1.82) is 0 Å². The molecule has 0 unspecified atom stereocenters. The fourth-order valence-corrected chi connectivity index (χ4v) is 3.94. The summed E-state index contributed by atoms with van der Waals surface area (Å²) in [5.74, 6) is -1.50. The molecule has 190 valence electrons. The van der Waals surface area contributed by atoms with Crippen LogP contribution in [0.25, 0.3) is 10.9 Å². The van der Waals surface area contributed by atoms with Crippen LogP contribution in [0.15, 0.2) is 42.6 Å². The van der Waals surface area contributed by atoms with E-state index in [0.29, 0.717) is 61.0 Å². The first-order chi connectivity index (χ1) is 17.4. The molecule has 0 spiro atoms. The number of carbonyl (C=O) groups excluding carboxylic acids is 2. The first-order valence-corrected chi connectivity index (χ1v) is 11.3. The van der Waals surface area contributed by atoms with Crippen molar-refractivity contribution in [2.24, 2.45) is 5.73 Å². The van der Waals surface area contributed by atoms with Gasteiger partial charge in [-0.2, -0.15) is 0 Å². The molecule has 1 aromatic heterocycles. The number of carbonyl (C=O) groups is 2. The fraction of sp³-hybridized carbons (Fsp3) is 0.320. The number of anilines is 1. The van der Waals surface area contributed by atoms with Gasteiger partial charge >= 0.3 is 11.8 Å². The lowest BCUT2D eigenvalue weighted by molar-refractivity contribution is -0.135. The van der Waals surface area contributed by atoms with Gasteiger partial charge in [-0.15, -0.1) is 0 Å². The average Bonchev–Trinajstić information content (AvgIpc) is 2.89. The predicted octanol–water partition coefficient (Wildman–Crippen LogP) is 2.33. The summed E-state index contributed by atoms with van der Waals surface area (Å²) < 4.78 is 37.0. The maximum Gasteiger partial charge on any atom is 0.316 e. The van der Waals surface area contributed by atoms with E-state index >= 15 is 4.39 Å². The maximum atomic E-state index is 15.2. The molecule has 1 aliphatic rings. The second-order valence-corrected chi connectivity index (χ2v) is 8.03. The van der Waals surface area contributed by atoms with Crippen molar-refractivity contribution in [2.75, 3.05) is 58.5 Å². The molecular formula is C25H27FN4O6. The zero-order valence-corrected chi connectivity index (χ0v) is 20.0. The largest absolute Gasteiger partial charge is 0.493 e. The maximum absolute atomic E-state index is 15.2. The zero-order valence-electron chi connectivity index (χ0n) is 20.0. The number of nitrogens with zero attached hydrogens (tertiary/aromatic N) is 3. The Kier molecular flexibility index (Phi) is 7.81. The van der Waals surface area contributed by atoms with Crippen LogP contribution < -0.4 is 24.8 Å². The third-order valence-corrected chi connectivity index (χ3v) is 5.85. The second kappa shape index (κ2) is 11.2. The van der Waals surface area contributed by atoms with Crippen molar-refractivity contribution in [3.63, 3.8) is 0 Å². The number of aromatic nitrogens is 1. The van der Waals surface area contributed by atoms with Gasteiger partial charge in [0.05, 0.1) is 33.0 Å². The summed E-state index contributed by atoms with van der Waals surface area (Å²) in [6.45, 7) is 3.24. The topological polar surface area (TPSA) is 116 Å².